The first-order valence-electron chi connectivity index (χ1n) is 4.98. The van der Waals surface area contributed by atoms with Crippen molar-refractivity contribution < 1.29 is 0 Å². The van der Waals surface area contributed by atoms with Gasteiger partial charge < -0.3 is 5.32 Å². The molecule has 0 atom stereocenters. The predicted octanol–water partition coefficient (Wildman–Crippen LogP) is 1.73. The second-order valence-electron chi connectivity index (χ2n) is 3.62. The van der Waals surface area contributed by atoms with E-state index < -0.39 is 0 Å². The van der Waals surface area contributed by atoms with Crippen LogP contribution in [0, 0.1) is 11.8 Å². The van der Waals surface area contributed by atoms with Gasteiger partial charge in [-0.15, -0.1) is 5.92 Å². The van der Waals surface area contributed by atoms with Gasteiger partial charge in [0.25, 0.3) is 0 Å². The molecule has 0 aromatic carbocycles. The molecule has 0 radical (unpaired) electrons. The summed E-state index contributed by atoms with van der Waals surface area (Å²) in [5.74, 6) is 6.59. The van der Waals surface area contributed by atoms with Crippen LogP contribution >= 0.6 is 0 Å². The Balaban J connectivity index is 2.10. The Morgan fingerprint density at radius 2 is 2.43 bits per heavy atom. The fraction of sp³-hybridized carbons (Fsp3) is 0.545. The topological polar surface area (TPSA) is 29.9 Å². The largest absolute Gasteiger partial charge is 0.371 e. The number of nitrogens with zero attached hydrogens (tertiary/aromatic N) is 2. The van der Waals surface area contributed by atoms with E-state index in [0.29, 0.717) is 6.54 Å². The van der Waals surface area contributed by atoms with Crippen LogP contribution in [0.15, 0.2) is 6.20 Å². The van der Waals surface area contributed by atoms with Crippen molar-refractivity contribution >= 4 is 5.69 Å². The van der Waals surface area contributed by atoms with Crippen molar-refractivity contribution in [2.24, 2.45) is 7.05 Å². The van der Waals surface area contributed by atoms with Gasteiger partial charge in [0.15, 0.2) is 0 Å². The first kappa shape index (κ1) is 9.14. The Hall–Kier alpha value is -1.43. The number of anilines is 1. The summed E-state index contributed by atoms with van der Waals surface area (Å²) < 4.78 is 1.97. The van der Waals surface area contributed by atoms with Crippen molar-refractivity contribution in [1.29, 1.82) is 0 Å². The summed E-state index contributed by atoms with van der Waals surface area (Å²) in [7, 11) is 2.00. The molecule has 1 aromatic rings. The minimum atomic E-state index is 0.710. The third-order valence-corrected chi connectivity index (χ3v) is 2.49. The van der Waals surface area contributed by atoms with Crippen LogP contribution in [-0.2, 0) is 7.05 Å². The Morgan fingerprint density at radius 1 is 1.64 bits per heavy atom. The Morgan fingerprint density at radius 3 is 3.07 bits per heavy atom. The molecule has 14 heavy (non-hydrogen) atoms. The minimum Gasteiger partial charge on any atom is -0.371 e. The van der Waals surface area contributed by atoms with Gasteiger partial charge in [0.05, 0.1) is 24.1 Å². The van der Waals surface area contributed by atoms with Gasteiger partial charge >= 0.3 is 0 Å². The highest BCUT2D eigenvalue weighted by atomic mass is 15.3. The fourth-order valence-electron chi connectivity index (χ4n) is 1.65. The lowest BCUT2D eigenvalue weighted by Crippen LogP contribution is -2.02. The summed E-state index contributed by atoms with van der Waals surface area (Å²) in [6.45, 7) is 2.56. The van der Waals surface area contributed by atoms with Crippen LogP contribution in [-0.4, -0.2) is 16.3 Å². The minimum absolute atomic E-state index is 0.710. The first-order chi connectivity index (χ1) is 6.83. The van der Waals surface area contributed by atoms with E-state index in [-0.39, 0.29) is 0 Å². The van der Waals surface area contributed by atoms with Gasteiger partial charge in [-0.2, -0.15) is 5.10 Å². The molecule has 2 rings (SSSR count). The number of aryl methyl sites for hydroxylation is 1. The number of aromatic nitrogens is 2. The quantitative estimate of drug-likeness (QED) is 0.734. The smallest absolute Gasteiger partial charge is 0.0769 e. The molecule has 3 nitrogen and oxygen atoms in total. The molecule has 1 aromatic heterocycles. The van der Waals surface area contributed by atoms with E-state index in [1.807, 2.05) is 24.9 Å². The number of rotatable bonds is 3. The molecular formula is C11H15N3. The monoisotopic (exact) mass is 189 g/mol. The Bertz CT molecular complexity index is 377. The molecule has 1 saturated carbocycles. The van der Waals surface area contributed by atoms with Gasteiger partial charge in [0.1, 0.15) is 0 Å². The van der Waals surface area contributed by atoms with Gasteiger partial charge in [-0.3, -0.25) is 4.68 Å². The summed E-state index contributed by atoms with van der Waals surface area (Å²) in [6, 6.07) is 0. The maximum atomic E-state index is 4.26. The molecule has 0 aliphatic heterocycles. The lowest BCUT2D eigenvalue weighted by molar-refractivity contribution is 0.714. The zero-order valence-corrected chi connectivity index (χ0v) is 8.67. The second kappa shape index (κ2) is 3.75. The summed E-state index contributed by atoms with van der Waals surface area (Å²) in [4.78, 5) is 0. The number of hydrogen-bond donors (Lipinski definition) is 1. The van der Waals surface area contributed by atoms with Crippen LogP contribution in [0.1, 0.15) is 31.4 Å². The molecule has 1 heterocycles. The molecule has 74 valence electrons. The van der Waals surface area contributed by atoms with Crippen molar-refractivity contribution in [2.45, 2.75) is 25.7 Å². The predicted molar refractivity (Wildman–Crippen MR) is 57.1 cm³/mol. The highest BCUT2D eigenvalue weighted by molar-refractivity contribution is 5.50. The molecular weight excluding hydrogens is 174 g/mol. The van der Waals surface area contributed by atoms with E-state index >= 15 is 0 Å². The average Bonchev–Trinajstić information content (AvgIpc) is 2.93. The zero-order chi connectivity index (χ0) is 9.97. The molecule has 0 unspecified atom stereocenters. The van der Waals surface area contributed by atoms with Crippen molar-refractivity contribution in [3.8, 4) is 11.8 Å². The lowest BCUT2D eigenvalue weighted by Gasteiger charge is -2.04. The summed E-state index contributed by atoms with van der Waals surface area (Å²) in [5.41, 5.74) is 2.49. The van der Waals surface area contributed by atoms with E-state index in [1.165, 1.54) is 18.5 Å². The number of nitrogens with one attached hydrogen (secondary N) is 1. The standard InChI is InChI=1S/C11H15N3/c1-3-4-7-12-10-8-13-14(2)11(10)9-5-6-9/h8-9,12H,5-7H2,1-2H3. The maximum absolute atomic E-state index is 4.26. The van der Waals surface area contributed by atoms with E-state index in [1.54, 1.807) is 0 Å². The number of hydrogen-bond acceptors (Lipinski definition) is 2. The summed E-state index contributed by atoms with van der Waals surface area (Å²) in [5, 5.41) is 7.56. The van der Waals surface area contributed by atoms with Crippen molar-refractivity contribution in [3.05, 3.63) is 11.9 Å². The van der Waals surface area contributed by atoms with E-state index in [4.69, 9.17) is 0 Å². The molecule has 1 fully saturated rings. The van der Waals surface area contributed by atoms with Gasteiger partial charge in [-0.25, -0.2) is 0 Å². The Labute approximate surface area is 84.5 Å². The van der Waals surface area contributed by atoms with Crippen LogP contribution in [0.4, 0.5) is 5.69 Å². The third-order valence-electron chi connectivity index (χ3n) is 2.49. The van der Waals surface area contributed by atoms with Crippen molar-refractivity contribution in [3.63, 3.8) is 0 Å². The SMILES string of the molecule is CC#CCNc1cnn(C)c1C1CC1. The van der Waals surface area contributed by atoms with Crippen molar-refractivity contribution in [2.75, 3.05) is 11.9 Å². The van der Waals surface area contributed by atoms with Gasteiger partial charge in [0, 0.05) is 13.0 Å². The molecule has 3 heteroatoms. The van der Waals surface area contributed by atoms with Crippen LogP contribution in [0.25, 0.3) is 0 Å². The van der Waals surface area contributed by atoms with E-state index in [2.05, 4.69) is 22.3 Å². The van der Waals surface area contributed by atoms with Crippen LogP contribution < -0.4 is 5.32 Å². The molecule has 0 bridgehead atoms. The van der Waals surface area contributed by atoms with E-state index in [9.17, 15) is 0 Å². The zero-order valence-electron chi connectivity index (χ0n) is 8.67. The Kier molecular flexibility index (Phi) is 2.45. The van der Waals surface area contributed by atoms with Crippen LogP contribution in [0.5, 0.6) is 0 Å². The first-order valence-corrected chi connectivity index (χ1v) is 4.98. The normalized spacial score (nSPS) is 14.7. The highest BCUT2D eigenvalue weighted by Crippen LogP contribution is 2.42. The molecule has 1 aliphatic rings. The van der Waals surface area contributed by atoms with Gasteiger partial charge in [0.2, 0.25) is 0 Å². The summed E-state index contributed by atoms with van der Waals surface area (Å²) >= 11 is 0. The van der Waals surface area contributed by atoms with Crippen LogP contribution in [0.3, 0.4) is 0 Å². The highest BCUT2D eigenvalue weighted by Gasteiger charge is 2.29. The molecule has 0 spiro atoms. The molecule has 1 N–H and O–H groups in total. The molecule has 0 amide bonds. The van der Waals surface area contributed by atoms with Gasteiger partial charge in [-0.1, -0.05) is 5.92 Å². The lowest BCUT2D eigenvalue weighted by atomic mass is 10.2. The fourth-order valence-corrected chi connectivity index (χ4v) is 1.65. The van der Waals surface area contributed by atoms with E-state index in [0.717, 1.165) is 11.6 Å². The van der Waals surface area contributed by atoms with Crippen LogP contribution in [0.2, 0.25) is 0 Å². The summed E-state index contributed by atoms with van der Waals surface area (Å²) in [6.07, 6.45) is 4.49. The average molecular weight is 189 g/mol. The molecule has 0 saturated heterocycles. The third kappa shape index (κ3) is 1.74. The van der Waals surface area contributed by atoms with Gasteiger partial charge in [-0.05, 0) is 19.8 Å². The maximum Gasteiger partial charge on any atom is 0.0769 e. The second-order valence-corrected chi connectivity index (χ2v) is 3.62. The molecule has 1 aliphatic carbocycles. The van der Waals surface area contributed by atoms with Crippen molar-refractivity contribution in [1.82, 2.24) is 9.78 Å².